The molecule has 12 heteroatoms. The van der Waals surface area contributed by atoms with Crippen LogP contribution < -0.4 is 10.5 Å². The van der Waals surface area contributed by atoms with E-state index in [1.54, 1.807) is 0 Å². The molecule has 0 saturated heterocycles. The van der Waals surface area contributed by atoms with E-state index in [2.05, 4.69) is 26.3 Å². The molecule has 1 heterocycles. The van der Waals surface area contributed by atoms with Crippen molar-refractivity contribution in [2.45, 2.75) is 17.5 Å². The smallest absolute Gasteiger partial charge is 0.326 e. The Kier molecular flexibility index (Phi) is 6.01. The van der Waals surface area contributed by atoms with E-state index in [4.69, 9.17) is 5.14 Å². The average Bonchev–Trinajstić information content (AvgIpc) is 3.06. The molecule has 2 aromatic carbocycles. The summed E-state index contributed by atoms with van der Waals surface area (Å²) < 4.78 is 65.2. The van der Waals surface area contributed by atoms with Crippen LogP contribution in [0.3, 0.4) is 0 Å². The molecule has 30 heavy (non-hydrogen) atoms. The van der Waals surface area contributed by atoms with Crippen molar-refractivity contribution in [3.05, 3.63) is 70.5 Å². The molecular weight excluding hydrogens is 489 g/mol. The Morgan fingerprint density at radius 2 is 1.90 bits per heavy atom. The molecule has 0 aliphatic rings. The standard InChI is InChI=1S/C18H14BrF3N4O3S/c19-12-9-24-26(10-12)15-6-5-13(8-16(15)30(23,28)29)25-17(27)7-11-3-1-2-4-14(11)18(20,21)22/h1-6,8-10H,7H2,(H,25,27)(H2,23,28,29). The van der Waals surface area contributed by atoms with Crippen LogP contribution in [0.4, 0.5) is 18.9 Å². The molecule has 0 fully saturated rings. The van der Waals surface area contributed by atoms with E-state index in [1.807, 2.05) is 0 Å². The van der Waals surface area contributed by atoms with Gasteiger partial charge in [0, 0.05) is 11.9 Å². The highest BCUT2D eigenvalue weighted by molar-refractivity contribution is 9.10. The number of sulfonamides is 1. The number of primary sulfonamides is 1. The first-order chi connectivity index (χ1) is 13.9. The first-order valence-electron chi connectivity index (χ1n) is 8.27. The Bertz CT molecular complexity index is 1210. The van der Waals surface area contributed by atoms with Gasteiger partial charge in [0.05, 0.1) is 28.3 Å². The maximum Gasteiger partial charge on any atom is 0.416 e. The lowest BCUT2D eigenvalue weighted by atomic mass is 10.0. The maximum atomic E-state index is 13.1. The van der Waals surface area contributed by atoms with Gasteiger partial charge >= 0.3 is 6.18 Å². The largest absolute Gasteiger partial charge is 0.416 e. The third kappa shape index (κ3) is 5.07. The molecule has 0 atom stereocenters. The van der Waals surface area contributed by atoms with E-state index in [0.29, 0.717) is 4.47 Å². The summed E-state index contributed by atoms with van der Waals surface area (Å²) in [5.74, 6) is -0.748. The van der Waals surface area contributed by atoms with Crippen molar-refractivity contribution < 1.29 is 26.4 Å². The molecule has 0 bridgehead atoms. The van der Waals surface area contributed by atoms with Crippen LogP contribution in [0, 0.1) is 0 Å². The fourth-order valence-corrected chi connectivity index (χ4v) is 3.80. The van der Waals surface area contributed by atoms with Gasteiger partial charge in [-0.25, -0.2) is 18.2 Å². The van der Waals surface area contributed by atoms with Gasteiger partial charge in [-0.05, 0) is 45.8 Å². The fourth-order valence-electron chi connectivity index (χ4n) is 2.77. The van der Waals surface area contributed by atoms with Gasteiger partial charge < -0.3 is 5.32 Å². The van der Waals surface area contributed by atoms with Crippen molar-refractivity contribution in [1.29, 1.82) is 0 Å². The van der Waals surface area contributed by atoms with Crippen LogP contribution in [0.15, 0.2) is 64.2 Å². The predicted molar refractivity (Wildman–Crippen MR) is 106 cm³/mol. The molecule has 158 valence electrons. The third-order valence-electron chi connectivity index (χ3n) is 4.02. The molecular formula is C18H14BrF3N4O3S. The number of hydrogen-bond donors (Lipinski definition) is 2. The van der Waals surface area contributed by atoms with Crippen molar-refractivity contribution in [3.63, 3.8) is 0 Å². The minimum absolute atomic E-state index is 0.0588. The van der Waals surface area contributed by atoms with Crippen LogP contribution >= 0.6 is 15.9 Å². The number of benzene rings is 2. The summed E-state index contributed by atoms with van der Waals surface area (Å²) in [5.41, 5.74) is -0.913. The highest BCUT2D eigenvalue weighted by atomic mass is 79.9. The summed E-state index contributed by atoms with van der Waals surface area (Å²) in [7, 11) is -4.19. The zero-order chi connectivity index (χ0) is 22.1. The quantitative estimate of drug-likeness (QED) is 0.556. The van der Waals surface area contributed by atoms with Crippen molar-refractivity contribution in [3.8, 4) is 5.69 Å². The van der Waals surface area contributed by atoms with Gasteiger partial charge in [-0.1, -0.05) is 18.2 Å². The van der Waals surface area contributed by atoms with Gasteiger partial charge in [0.15, 0.2) is 0 Å². The van der Waals surface area contributed by atoms with Crippen LogP contribution in [-0.4, -0.2) is 24.1 Å². The lowest BCUT2D eigenvalue weighted by molar-refractivity contribution is -0.138. The van der Waals surface area contributed by atoms with E-state index < -0.39 is 34.1 Å². The number of amides is 1. The van der Waals surface area contributed by atoms with Crippen LogP contribution in [0.1, 0.15) is 11.1 Å². The predicted octanol–water partition coefficient (Wildman–Crippen LogP) is 3.48. The molecule has 7 nitrogen and oxygen atoms in total. The SMILES string of the molecule is NS(=O)(=O)c1cc(NC(=O)Cc2ccccc2C(F)(F)F)ccc1-n1cc(Br)cn1. The van der Waals surface area contributed by atoms with Gasteiger partial charge in [-0.3, -0.25) is 4.79 Å². The molecule has 0 unspecified atom stereocenters. The zero-order valence-electron chi connectivity index (χ0n) is 15.0. The lowest BCUT2D eigenvalue weighted by Gasteiger charge is -2.14. The number of carbonyl (C=O) groups is 1. The van der Waals surface area contributed by atoms with Crippen molar-refractivity contribution in [2.75, 3.05) is 5.32 Å². The highest BCUT2D eigenvalue weighted by Gasteiger charge is 2.33. The van der Waals surface area contributed by atoms with Crippen LogP contribution in [0.25, 0.3) is 5.69 Å². The Labute approximate surface area is 177 Å². The molecule has 3 aromatic rings. The van der Waals surface area contributed by atoms with Gasteiger partial charge in [-0.15, -0.1) is 0 Å². The number of nitrogens with one attached hydrogen (secondary N) is 1. The van der Waals surface area contributed by atoms with Crippen LogP contribution in [0.5, 0.6) is 0 Å². The second-order valence-corrected chi connectivity index (χ2v) is 8.66. The number of anilines is 1. The summed E-state index contributed by atoms with van der Waals surface area (Å²) in [6.45, 7) is 0. The maximum absolute atomic E-state index is 13.1. The van der Waals surface area contributed by atoms with E-state index >= 15 is 0 Å². The molecule has 0 aliphatic heterocycles. The summed E-state index contributed by atoms with van der Waals surface area (Å²) >= 11 is 3.20. The molecule has 1 amide bonds. The Hall–Kier alpha value is -2.70. The molecule has 3 N–H and O–H groups in total. The second kappa shape index (κ2) is 8.20. The van der Waals surface area contributed by atoms with E-state index in [-0.39, 0.29) is 21.8 Å². The number of halogens is 4. The number of carbonyl (C=O) groups excluding carboxylic acids is 1. The Morgan fingerprint density at radius 1 is 1.20 bits per heavy atom. The Morgan fingerprint density at radius 3 is 2.50 bits per heavy atom. The molecule has 0 radical (unpaired) electrons. The first-order valence-corrected chi connectivity index (χ1v) is 10.6. The minimum atomic E-state index is -4.60. The van der Waals surface area contributed by atoms with Gasteiger partial charge in [0.2, 0.25) is 15.9 Å². The van der Waals surface area contributed by atoms with E-state index in [1.165, 1.54) is 47.4 Å². The number of alkyl halides is 3. The first kappa shape index (κ1) is 22.0. The van der Waals surface area contributed by atoms with Crippen LogP contribution in [0.2, 0.25) is 0 Å². The van der Waals surface area contributed by atoms with Crippen molar-refractivity contribution >= 4 is 37.5 Å². The highest BCUT2D eigenvalue weighted by Crippen LogP contribution is 2.32. The molecule has 0 spiro atoms. The van der Waals surface area contributed by atoms with E-state index in [9.17, 15) is 26.4 Å². The van der Waals surface area contributed by atoms with Crippen LogP contribution in [-0.2, 0) is 27.4 Å². The average molecular weight is 503 g/mol. The van der Waals surface area contributed by atoms with E-state index in [0.717, 1.165) is 12.1 Å². The van der Waals surface area contributed by atoms with Gasteiger partial charge in [-0.2, -0.15) is 18.3 Å². The van der Waals surface area contributed by atoms with Gasteiger partial charge in [0.25, 0.3) is 0 Å². The number of hydrogen-bond acceptors (Lipinski definition) is 4. The Balaban J connectivity index is 1.88. The molecule has 3 rings (SSSR count). The third-order valence-corrected chi connectivity index (χ3v) is 5.37. The molecule has 0 aliphatic carbocycles. The summed E-state index contributed by atoms with van der Waals surface area (Å²) in [6, 6.07) is 8.61. The lowest BCUT2D eigenvalue weighted by Crippen LogP contribution is -2.19. The topological polar surface area (TPSA) is 107 Å². The summed E-state index contributed by atoms with van der Waals surface area (Å²) in [4.78, 5) is 12.0. The second-order valence-electron chi connectivity index (χ2n) is 6.21. The number of nitrogens with two attached hydrogens (primary N) is 1. The monoisotopic (exact) mass is 502 g/mol. The number of rotatable bonds is 5. The molecule has 1 aromatic heterocycles. The van der Waals surface area contributed by atoms with Crippen molar-refractivity contribution in [1.82, 2.24) is 9.78 Å². The summed E-state index contributed by atoms with van der Waals surface area (Å²) in [6.07, 6.45) is -2.19. The normalized spacial score (nSPS) is 12.0. The fraction of sp³-hybridized carbons (Fsp3) is 0.111. The zero-order valence-corrected chi connectivity index (χ0v) is 17.4. The van der Waals surface area contributed by atoms with Crippen molar-refractivity contribution in [2.24, 2.45) is 5.14 Å². The van der Waals surface area contributed by atoms with Gasteiger partial charge in [0.1, 0.15) is 4.90 Å². The number of aromatic nitrogens is 2. The molecule has 0 saturated carbocycles. The number of nitrogens with zero attached hydrogens (tertiary/aromatic N) is 2. The minimum Gasteiger partial charge on any atom is -0.326 e. The summed E-state index contributed by atoms with van der Waals surface area (Å²) in [5, 5.41) is 11.7.